The van der Waals surface area contributed by atoms with Gasteiger partial charge in [-0.15, -0.1) is 0 Å². The molecular formula is C20H25BrN4O3. The lowest BCUT2D eigenvalue weighted by Gasteiger charge is -2.14. The van der Waals surface area contributed by atoms with Crippen LogP contribution in [0.2, 0.25) is 0 Å². The van der Waals surface area contributed by atoms with Crippen molar-refractivity contribution in [3.8, 4) is 11.5 Å². The molecule has 2 aromatic rings. The molecule has 2 aromatic carbocycles. The van der Waals surface area contributed by atoms with Gasteiger partial charge in [-0.1, -0.05) is 22.0 Å². The number of benzene rings is 2. The molecule has 4 N–H and O–H groups in total. The van der Waals surface area contributed by atoms with Crippen LogP contribution in [0.25, 0.3) is 0 Å². The van der Waals surface area contributed by atoms with E-state index in [4.69, 9.17) is 15.2 Å². The SMILES string of the molecule is CCOc1ccc(OCC)c(NC(N)=NCCNC(=O)c2cccc(Br)c2)c1. The zero-order valence-electron chi connectivity index (χ0n) is 16.0. The fraction of sp³-hybridized carbons (Fsp3) is 0.300. The number of guanidine groups is 1. The summed E-state index contributed by atoms with van der Waals surface area (Å²) in [5.41, 5.74) is 7.22. The number of rotatable bonds is 9. The first-order valence-electron chi connectivity index (χ1n) is 9.03. The quantitative estimate of drug-likeness (QED) is 0.310. The van der Waals surface area contributed by atoms with Crippen molar-refractivity contribution in [3.63, 3.8) is 0 Å². The highest BCUT2D eigenvalue weighted by Gasteiger charge is 2.08. The maximum atomic E-state index is 12.1. The summed E-state index contributed by atoms with van der Waals surface area (Å²) in [7, 11) is 0. The average molecular weight is 449 g/mol. The number of ether oxygens (including phenoxy) is 2. The highest BCUT2D eigenvalue weighted by molar-refractivity contribution is 9.10. The van der Waals surface area contributed by atoms with Crippen molar-refractivity contribution in [1.82, 2.24) is 5.32 Å². The smallest absolute Gasteiger partial charge is 0.251 e. The van der Waals surface area contributed by atoms with Crippen LogP contribution in [-0.4, -0.2) is 38.2 Å². The van der Waals surface area contributed by atoms with E-state index in [1.165, 1.54) is 0 Å². The number of amides is 1. The molecule has 28 heavy (non-hydrogen) atoms. The second-order valence-corrected chi connectivity index (χ2v) is 6.60. The number of hydrogen-bond acceptors (Lipinski definition) is 4. The average Bonchev–Trinajstić information content (AvgIpc) is 2.67. The maximum absolute atomic E-state index is 12.1. The van der Waals surface area contributed by atoms with Crippen molar-refractivity contribution in [2.75, 3.05) is 31.6 Å². The lowest BCUT2D eigenvalue weighted by molar-refractivity contribution is 0.0954. The summed E-state index contributed by atoms with van der Waals surface area (Å²) in [6.07, 6.45) is 0. The number of nitrogens with two attached hydrogens (primary N) is 1. The van der Waals surface area contributed by atoms with E-state index in [0.717, 1.165) is 4.47 Å². The van der Waals surface area contributed by atoms with E-state index in [1.54, 1.807) is 12.1 Å². The molecular weight excluding hydrogens is 424 g/mol. The van der Waals surface area contributed by atoms with Crippen LogP contribution >= 0.6 is 15.9 Å². The van der Waals surface area contributed by atoms with Crippen molar-refractivity contribution in [2.24, 2.45) is 10.7 Å². The Morgan fingerprint density at radius 2 is 1.93 bits per heavy atom. The van der Waals surface area contributed by atoms with Gasteiger partial charge < -0.3 is 25.8 Å². The summed E-state index contributed by atoms with van der Waals surface area (Å²) < 4.78 is 12.0. The molecule has 0 aliphatic heterocycles. The molecule has 0 spiro atoms. The lowest BCUT2D eigenvalue weighted by Crippen LogP contribution is -2.28. The third-order valence-electron chi connectivity index (χ3n) is 3.59. The summed E-state index contributed by atoms with van der Waals surface area (Å²) in [6, 6.07) is 12.7. The van der Waals surface area contributed by atoms with Crippen molar-refractivity contribution >= 4 is 33.5 Å². The third kappa shape index (κ3) is 6.77. The first-order chi connectivity index (χ1) is 13.5. The van der Waals surface area contributed by atoms with E-state index < -0.39 is 0 Å². The number of nitrogens with zero attached hydrogens (tertiary/aromatic N) is 1. The fourth-order valence-electron chi connectivity index (χ4n) is 2.40. The first-order valence-corrected chi connectivity index (χ1v) is 9.83. The normalized spacial score (nSPS) is 11.0. The van der Waals surface area contributed by atoms with E-state index in [0.29, 0.717) is 49.1 Å². The van der Waals surface area contributed by atoms with Crippen LogP contribution in [-0.2, 0) is 0 Å². The molecule has 0 aliphatic carbocycles. The molecule has 1 amide bonds. The van der Waals surface area contributed by atoms with Gasteiger partial charge >= 0.3 is 0 Å². The second kappa shape index (κ2) is 11.2. The summed E-state index contributed by atoms with van der Waals surface area (Å²) in [5.74, 6) is 1.44. The Morgan fingerprint density at radius 1 is 1.14 bits per heavy atom. The number of nitrogens with one attached hydrogen (secondary N) is 2. The van der Waals surface area contributed by atoms with E-state index >= 15 is 0 Å². The van der Waals surface area contributed by atoms with E-state index in [2.05, 4.69) is 31.6 Å². The van der Waals surface area contributed by atoms with Crippen LogP contribution in [0, 0.1) is 0 Å². The van der Waals surface area contributed by atoms with Gasteiger partial charge in [0.1, 0.15) is 11.5 Å². The Morgan fingerprint density at radius 3 is 2.64 bits per heavy atom. The monoisotopic (exact) mass is 448 g/mol. The van der Waals surface area contributed by atoms with Gasteiger partial charge in [0.15, 0.2) is 5.96 Å². The fourth-order valence-corrected chi connectivity index (χ4v) is 2.80. The van der Waals surface area contributed by atoms with Crippen LogP contribution < -0.4 is 25.8 Å². The van der Waals surface area contributed by atoms with Crippen LogP contribution in [0.4, 0.5) is 5.69 Å². The number of carbonyl (C=O) groups is 1. The summed E-state index contributed by atoms with van der Waals surface area (Å²) in [6.45, 7) is 5.63. The van der Waals surface area contributed by atoms with Gasteiger partial charge in [-0.05, 0) is 44.2 Å². The molecule has 150 valence electrons. The number of aliphatic imine (C=N–C) groups is 1. The Hall–Kier alpha value is -2.74. The topological polar surface area (TPSA) is 98.0 Å². The van der Waals surface area contributed by atoms with Crippen LogP contribution in [0.5, 0.6) is 11.5 Å². The van der Waals surface area contributed by atoms with Gasteiger partial charge in [-0.25, -0.2) is 0 Å². The van der Waals surface area contributed by atoms with Gasteiger partial charge in [-0.2, -0.15) is 0 Å². The Bertz CT molecular complexity index is 827. The minimum Gasteiger partial charge on any atom is -0.494 e. The molecule has 0 atom stereocenters. The van der Waals surface area contributed by atoms with Crippen molar-refractivity contribution < 1.29 is 14.3 Å². The third-order valence-corrected chi connectivity index (χ3v) is 4.08. The zero-order chi connectivity index (χ0) is 20.4. The summed E-state index contributed by atoms with van der Waals surface area (Å²) >= 11 is 3.35. The van der Waals surface area contributed by atoms with Crippen LogP contribution in [0.15, 0.2) is 51.9 Å². The lowest BCUT2D eigenvalue weighted by atomic mass is 10.2. The minimum absolute atomic E-state index is 0.161. The van der Waals surface area contributed by atoms with Gasteiger partial charge in [-0.3, -0.25) is 9.79 Å². The first kappa shape index (κ1) is 21.6. The molecule has 0 saturated heterocycles. The predicted octanol–water partition coefficient (Wildman–Crippen LogP) is 3.40. The van der Waals surface area contributed by atoms with Gasteiger partial charge in [0.05, 0.1) is 25.4 Å². The number of hydrogen-bond donors (Lipinski definition) is 3. The highest BCUT2D eigenvalue weighted by atomic mass is 79.9. The molecule has 0 aromatic heterocycles. The van der Waals surface area contributed by atoms with Gasteiger partial charge in [0.25, 0.3) is 5.91 Å². The molecule has 8 heteroatoms. The Kier molecular flexibility index (Phi) is 8.61. The largest absolute Gasteiger partial charge is 0.494 e. The molecule has 0 fully saturated rings. The van der Waals surface area contributed by atoms with Crippen LogP contribution in [0.1, 0.15) is 24.2 Å². The van der Waals surface area contributed by atoms with Crippen molar-refractivity contribution in [1.29, 1.82) is 0 Å². The maximum Gasteiger partial charge on any atom is 0.251 e. The van der Waals surface area contributed by atoms with Crippen molar-refractivity contribution in [2.45, 2.75) is 13.8 Å². The minimum atomic E-state index is -0.161. The number of carbonyl (C=O) groups excluding carboxylic acids is 1. The van der Waals surface area contributed by atoms with E-state index in [9.17, 15) is 4.79 Å². The van der Waals surface area contributed by atoms with E-state index in [1.807, 2.05) is 44.2 Å². The van der Waals surface area contributed by atoms with Crippen molar-refractivity contribution in [3.05, 3.63) is 52.5 Å². The predicted molar refractivity (Wildman–Crippen MR) is 115 cm³/mol. The van der Waals surface area contributed by atoms with Crippen LogP contribution in [0.3, 0.4) is 0 Å². The zero-order valence-corrected chi connectivity index (χ0v) is 17.6. The van der Waals surface area contributed by atoms with Gasteiger partial charge in [0.2, 0.25) is 0 Å². The number of halogens is 1. The Labute approximate surface area is 173 Å². The molecule has 7 nitrogen and oxygen atoms in total. The molecule has 0 unspecified atom stereocenters. The molecule has 0 aliphatic rings. The Balaban J connectivity index is 1.91. The van der Waals surface area contributed by atoms with E-state index in [-0.39, 0.29) is 11.9 Å². The molecule has 0 heterocycles. The summed E-state index contributed by atoms with van der Waals surface area (Å²) in [5, 5.41) is 5.83. The number of anilines is 1. The molecule has 2 rings (SSSR count). The summed E-state index contributed by atoms with van der Waals surface area (Å²) in [4.78, 5) is 16.3. The van der Waals surface area contributed by atoms with Gasteiger partial charge in [0, 0.05) is 22.6 Å². The second-order valence-electron chi connectivity index (χ2n) is 5.68. The molecule has 0 bridgehead atoms. The molecule has 0 radical (unpaired) electrons. The molecule has 0 saturated carbocycles. The standard InChI is InChI=1S/C20H25BrN4O3/c1-3-27-16-8-9-18(28-4-2)17(13-16)25-20(22)24-11-10-23-19(26)14-6-5-7-15(21)12-14/h5-9,12-13H,3-4,10-11H2,1-2H3,(H,23,26)(H3,22,24,25). The highest BCUT2D eigenvalue weighted by Crippen LogP contribution is 2.29.